The van der Waals surface area contributed by atoms with Gasteiger partial charge in [0, 0.05) is 0 Å². The summed E-state index contributed by atoms with van der Waals surface area (Å²) < 4.78 is 8.92. The Morgan fingerprint density at radius 2 is 2.00 bits per heavy atom. The van der Waals surface area contributed by atoms with Crippen LogP contribution in [0.1, 0.15) is 25.5 Å². The van der Waals surface area contributed by atoms with Crippen LogP contribution in [0.4, 0.5) is 0 Å². The molecule has 2 heterocycles. The Kier molecular flexibility index (Phi) is 6.75. The number of nitrogens with one attached hydrogen (secondary N) is 1. The minimum Gasteiger partial charge on any atom is -0.492 e. The van der Waals surface area contributed by atoms with E-state index < -0.39 is 0 Å². The number of thioether (sulfide) groups is 1. The Morgan fingerprint density at radius 1 is 1.19 bits per heavy atom. The molecule has 0 aliphatic rings. The summed E-state index contributed by atoms with van der Waals surface area (Å²) in [7, 11) is 0. The molecule has 2 aromatic carbocycles. The van der Waals surface area contributed by atoms with Gasteiger partial charge in [-0.05, 0) is 54.1 Å². The van der Waals surface area contributed by atoms with Gasteiger partial charge in [0.05, 0.1) is 24.1 Å². The van der Waals surface area contributed by atoms with Crippen LogP contribution in [0.2, 0.25) is 0 Å². The molecular weight excluding hydrogens is 428 g/mol. The van der Waals surface area contributed by atoms with Crippen LogP contribution < -0.4 is 10.1 Å². The summed E-state index contributed by atoms with van der Waals surface area (Å²) in [5.74, 6) is 0.741. The van der Waals surface area contributed by atoms with Crippen molar-refractivity contribution in [3.8, 4) is 17.1 Å². The summed E-state index contributed by atoms with van der Waals surface area (Å²) in [6, 6.07) is 15.1. The molecule has 1 amide bonds. The number of benzene rings is 2. The number of aromatic nitrogens is 7. The highest BCUT2D eigenvalue weighted by molar-refractivity contribution is 7.99. The van der Waals surface area contributed by atoms with Gasteiger partial charge in [0.25, 0.3) is 0 Å². The van der Waals surface area contributed by atoms with Crippen LogP contribution >= 0.6 is 11.8 Å². The predicted octanol–water partition coefficient (Wildman–Crippen LogP) is 2.61. The zero-order valence-electron chi connectivity index (χ0n) is 17.6. The number of ether oxygens (including phenoxy) is 1. The number of amides is 1. The SMILES string of the molecule is CCOc1ccccc1-n1nnnc1SCC(=O)N[C@@H](C)c1ccc(-n2cncn2)cc1. The van der Waals surface area contributed by atoms with Gasteiger partial charge in [-0.1, -0.05) is 36.0 Å². The van der Waals surface area contributed by atoms with E-state index >= 15 is 0 Å². The molecule has 0 unspecified atom stereocenters. The summed E-state index contributed by atoms with van der Waals surface area (Å²) in [5.41, 5.74) is 2.62. The lowest BCUT2D eigenvalue weighted by Gasteiger charge is -2.15. The maximum Gasteiger partial charge on any atom is 0.230 e. The Morgan fingerprint density at radius 3 is 2.75 bits per heavy atom. The number of hydrogen-bond acceptors (Lipinski definition) is 8. The van der Waals surface area contributed by atoms with Crippen LogP contribution in [-0.2, 0) is 4.79 Å². The van der Waals surface area contributed by atoms with Crippen molar-refractivity contribution in [3.63, 3.8) is 0 Å². The van der Waals surface area contributed by atoms with Gasteiger partial charge in [-0.25, -0.2) is 9.67 Å². The Labute approximate surface area is 189 Å². The van der Waals surface area contributed by atoms with Crippen molar-refractivity contribution < 1.29 is 9.53 Å². The van der Waals surface area contributed by atoms with E-state index in [1.54, 1.807) is 15.7 Å². The van der Waals surface area contributed by atoms with Gasteiger partial charge in [-0.3, -0.25) is 4.79 Å². The van der Waals surface area contributed by atoms with Crippen molar-refractivity contribution >= 4 is 17.7 Å². The van der Waals surface area contributed by atoms with Crippen molar-refractivity contribution in [2.75, 3.05) is 12.4 Å². The lowest BCUT2D eigenvalue weighted by Crippen LogP contribution is -2.28. The molecule has 0 saturated heterocycles. The largest absolute Gasteiger partial charge is 0.492 e. The van der Waals surface area contributed by atoms with Crippen LogP contribution in [0.25, 0.3) is 11.4 Å². The first-order chi connectivity index (χ1) is 15.7. The molecule has 10 nitrogen and oxygen atoms in total. The molecule has 1 atom stereocenters. The zero-order chi connectivity index (χ0) is 22.3. The molecule has 32 heavy (non-hydrogen) atoms. The van der Waals surface area contributed by atoms with Crippen LogP contribution in [-0.4, -0.2) is 53.2 Å². The molecule has 0 saturated carbocycles. The van der Waals surface area contributed by atoms with E-state index in [9.17, 15) is 4.79 Å². The lowest BCUT2D eigenvalue weighted by molar-refractivity contribution is -0.119. The highest BCUT2D eigenvalue weighted by Crippen LogP contribution is 2.26. The topological polar surface area (TPSA) is 113 Å². The zero-order valence-corrected chi connectivity index (χ0v) is 18.4. The van der Waals surface area contributed by atoms with E-state index in [-0.39, 0.29) is 17.7 Å². The van der Waals surface area contributed by atoms with E-state index in [1.807, 2.05) is 62.4 Å². The highest BCUT2D eigenvalue weighted by Gasteiger charge is 2.16. The third kappa shape index (κ3) is 4.94. The Bertz CT molecular complexity index is 1160. The van der Waals surface area contributed by atoms with E-state index in [0.717, 1.165) is 16.9 Å². The molecule has 0 aliphatic carbocycles. The average molecular weight is 451 g/mol. The molecule has 0 radical (unpaired) electrons. The molecule has 164 valence electrons. The summed E-state index contributed by atoms with van der Waals surface area (Å²) in [4.78, 5) is 16.5. The molecule has 2 aromatic heterocycles. The van der Waals surface area contributed by atoms with Gasteiger partial charge in [-0.2, -0.15) is 9.78 Å². The number of rotatable bonds is 9. The van der Waals surface area contributed by atoms with Crippen LogP contribution in [0.15, 0.2) is 66.3 Å². The van der Waals surface area contributed by atoms with Gasteiger partial charge >= 0.3 is 0 Å². The van der Waals surface area contributed by atoms with E-state index in [4.69, 9.17) is 4.74 Å². The van der Waals surface area contributed by atoms with Gasteiger partial charge in [0.2, 0.25) is 11.1 Å². The minimum absolute atomic E-state index is 0.115. The Hall–Kier alpha value is -3.73. The van der Waals surface area contributed by atoms with Gasteiger partial charge < -0.3 is 10.1 Å². The summed E-state index contributed by atoms with van der Waals surface area (Å²) in [6.07, 6.45) is 3.12. The second kappa shape index (κ2) is 10.1. The predicted molar refractivity (Wildman–Crippen MR) is 119 cm³/mol. The monoisotopic (exact) mass is 450 g/mol. The third-order valence-electron chi connectivity index (χ3n) is 4.62. The molecule has 4 rings (SSSR count). The quantitative estimate of drug-likeness (QED) is 0.387. The number of nitrogens with zero attached hydrogens (tertiary/aromatic N) is 7. The van der Waals surface area contributed by atoms with E-state index in [0.29, 0.717) is 17.5 Å². The average Bonchev–Trinajstić information content (AvgIpc) is 3.51. The second-order valence-corrected chi connectivity index (χ2v) is 7.73. The smallest absolute Gasteiger partial charge is 0.230 e. The number of para-hydroxylation sites is 2. The lowest BCUT2D eigenvalue weighted by atomic mass is 10.1. The molecule has 0 bridgehead atoms. The van der Waals surface area contributed by atoms with Gasteiger partial charge in [0.1, 0.15) is 24.1 Å². The second-order valence-electron chi connectivity index (χ2n) is 6.78. The maximum atomic E-state index is 12.5. The molecule has 0 aliphatic heterocycles. The Balaban J connectivity index is 1.36. The van der Waals surface area contributed by atoms with Gasteiger partial charge in [0.15, 0.2) is 0 Å². The van der Waals surface area contributed by atoms with Crippen molar-refractivity contribution in [1.82, 2.24) is 40.3 Å². The van der Waals surface area contributed by atoms with E-state index in [2.05, 4.69) is 30.9 Å². The van der Waals surface area contributed by atoms with Crippen LogP contribution in [0, 0.1) is 0 Å². The van der Waals surface area contributed by atoms with Crippen molar-refractivity contribution in [2.24, 2.45) is 0 Å². The molecular formula is C21H22N8O2S. The van der Waals surface area contributed by atoms with Crippen LogP contribution in [0.5, 0.6) is 5.75 Å². The number of carbonyl (C=O) groups is 1. The fourth-order valence-corrected chi connectivity index (χ4v) is 3.78. The summed E-state index contributed by atoms with van der Waals surface area (Å²) >= 11 is 1.26. The number of carbonyl (C=O) groups excluding carboxylic acids is 1. The van der Waals surface area contributed by atoms with E-state index in [1.165, 1.54) is 18.1 Å². The summed E-state index contributed by atoms with van der Waals surface area (Å²) in [6.45, 7) is 4.39. The fraction of sp³-hybridized carbons (Fsp3) is 0.238. The molecule has 4 aromatic rings. The maximum absolute atomic E-state index is 12.5. The first-order valence-electron chi connectivity index (χ1n) is 10.0. The first kappa shape index (κ1) is 21.5. The van der Waals surface area contributed by atoms with Crippen molar-refractivity contribution in [3.05, 3.63) is 66.7 Å². The fourth-order valence-electron chi connectivity index (χ4n) is 3.08. The standard InChI is InChI=1S/C21H22N8O2S/c1-3-31-19-7-5-4-6-18(19)29-21(25-26-27-29)32-12-20(30)24-15(2)16-8-10-17(11-9-16)28-14-22-13-23-28/h4-11,13-15H,3,12H2,1-2H3,(H,24,30)/t15-/m0/s1. The first-order valence-corrected chi connectivity index (χ1v) is 11.0. The van der Waals surface area contributed by atoms with Crippen molar-refractivity contribution in [2.45, 2.75) is 25.0 Å². The highest BCUT2D eigenvalue weighted by atomic mass is 32.2. The summed E-state index contributed by atoms with van der Waals surface area (Å²) in [5, 5.41) is 19.5. The minimum atomic E-state index is -0.150. The molecule has 0 spiro atoms. The number of tetrazole rings is 1. The van der Waals surface area contributed by atoms with Crippen LogP contribution in [0.3, 0.4) is 0 Å². The van der Waals surface area contributed by atoms with Gasteiger partial charge in [-0.15, -0.1) is 5.10 Å². The molecule has 11 heteroatoms. The normalized spacial score (nSPS) is 11.8. The third-order valence-corrected chi connectivity index (χ3v) is 5.54. The van der Waals surface area contributed by atoms with Crippen molar-refractivity contribution in [1.29, 1.82) is 0 Å². The number of hydrogen-bond donors (Lipinski definition) is 1. The molecule has 1 N–H and O–H groups in total. The molecule has 0 fully saturated rings.